The second-order valence-electron chi connectivity index (χ2n) is 6.33. The maximum Gasteiger partial charge on any atom is 0.262 e. The highest BCUT2D eigenvalue weighted by Gasteiger charge is 2.09. The van der Waals surface area contributed by atoms with Crippen LogP contribution in [-0.2, 0) is 9.59 Å². The summed E-state index contributed by atoms with van der Waals surface area (Å²) >= 11 is 3.50. The van der Waals surface area contributed by atoms with Crippen LogP contribution in [0.3, 0.4) is 0 Å². The molecule has 0 aromatic heterocycles. The van der Waals surface area contributed by atoms with Crippen LogP contribution >= 0.6 is 15.9 Å². The van der Waals surface area contributed by atoms with Gasteiger partial charge in [-0.05, 0) is 57.4 Å². The number of hydrogen-bond donors (Lipinski definition) is 2. The first-order valence-corrected chi connectivity index (χ1v) is 10.0. The predicted molar refractivity (Wildman–Crippen MR) is 119 cm³/mol. The Balaban J connectivity index is 1.58. The summed E-state index contributed by atoms with van der Waals surface area (Å²) in [5.41, 5.74) is 3.38. The summed E-state index contributed by atoms with van der Waals surface area (Å²) in [4.78, 5) is 23.7. The topological polar surface area (TPSA) is 67.4 Å². The summed E-state index contributed by atoms with van der Waals surface area (Å²) < 4.78 is 6.42. The average Bonchev–Trinajstić information content (AvgIpc) is 2.73. The molecular weight excluding hydrogens is 432 g/mol. The van der Waals surface area contributed by atoms with Crippen molar-refractivity contribution in [2.45, 2.75) is 13.3 Å². The van der Waals surface area contributed by atoms with Gasteiger partial charge in [-0.3, -0.25) is 9.59 Å². The second-order valence-corrected chi connectivity index (χ2v) is 7.18. The Bertz CT molecular complexity index is 1010. The summed E-state index contributed by atoms with van der Waals surface area (Å²) in [6.07, 6.45) is 0.391. The van der Waals surface area contributed by atoms with Gasteiger partial charge in [-0.15, -0.1) is 0 Å². The smallest absolute Gasteiger partial charge is 0.262 e. The summed E-state index contributed by atoms with van der Waals surface area (Å²) in [5.74, 6) is 0.215. The Hall–Kier alpha value is -3.12. The lowest BCUT2D eigenvalue weighted by atomic mass is 10.1. The highest BCUT2D eigenvalue weighted by Crippen LogP contribution is 2.30. The van der Waals surface area contributed by atoms with Crippen molar-refractivity contribution in [3.05, 3.63) is 77.3 Å². The third-order valence-electron chi connectivity index (χ3n) is 4.15. The number of carbonyl (C=O) groups is 2. The molecule has 0 fully saturated rings. The van der Waals surface area contributed by atoms with Crippen molar-refractivity contribution >= 4 is 39.1 Å². The van der Waals surface area contributed by atoms with E-state index in [0.717, 1.165) is 15.6 Å². The number of rotatable bonds is 7. The van der Waals surface area contributed by atoms with Crippen LogP contribution in [0.2, 0.25) is 0 Å². The molecule has 0 radical (unpaired) electrons. The molecule has 3 aromatic carbocycles. The Morgan fingerprint density at radius 3 is 2.17 bits per heavy atom. The average molecular weight is 453 g/mol. The van der Waals surface area contributed by atoms with E-state index in [1.165, 1.54) is 0 Å². The molecule has 0 saturated heterocycles. The van der Waals surface area contributed by atoms with Crippen molar-refractivity contribution in [2.75, 3.05) is 17.2 Å². The van der Waals surface area contributed by atoms with E-state index >= 15 is 0 Å². The van der Waals surface area contributed by atoms with Crippen LogP contribution in [0.5, 0.6) is 5.75 Å². The summed E-state index contributed by atoms with van der Waals surface area (Å²) in [5, 5.41) is 5.53. The molecule has 0 aliphatic carbocycles. The minimum atomic E-state index is -0.289. The van der Waals surface area contributed by atoms with Crippen molar-refractivity contribution in [1.82, 2.24) is 0 Å². The Labute approximate surface area is 178 Å². The molecule has 2 N–H and O–H groups in total. The largest absolute Gasteiger partial charge is 0.483 e. The molecule has 148 valence electrons. The lowest BCUT2D eigenvalue weighted by molar-refractivity contribution is -0.118. The maximum atomic E-state index is 12.2. The molecule has 0 saturated carbocycles. The van der Waals surface area contributed by atoms with Gasteiger partial charge >= 0.3 is 0 Å². The lowest BCUT2D eigenvalue weighted by Crippen LogP contribution is -2.20. The van der Waals surface area contributed by atoms with Gasteiger partial charge in [0.25, 0.3) is 5.91 Å². The van der Waals surface area contributed by atoms with Gasteiger partial charge in [0.05, 0.1) is 4.47 Å². The fraction of sp³-hybridized carbons (Fsp3) is 0.130. The molecule has 3 aromatic rings. The number of ether oxygens (including phenoxy) is 1. The zero-order valence-corrected chi connectivity index (χ0v) is 17.5. The van der Waals surface area contributed by atoms with Crippen LogP contribution in [0.4, 0.5) is 11.4 Å². The molecule has 5 nitrogen and oxygen atoms in total. The van der Waals surface area contributed by atoms with Crippen molar-refractivity contribution < 1.29 is 14.3 Å². The first-order chi connectivity index (χ1) is 14.0. The third kappa shape index (κ3) is 5.93. The zero-order chi connectivity index (χ0) is 20.6. The van der Waals surface area contributed by atoms with Crippen LogP contribution in [0, 0.1) is 0 Å². The van der Waals surface area contributed by atoms with Gasteiger partial charge in [0.15, 0.2) is 6.61 Å². The Morgan fingerprint density at radius 2 is 1.52 bits per heavy atom. The Kier molecular flexibility index (Phi) is 7.03. The molecule has 0 bridgehead atoms. The molecule has 3 rings (SSSR count). The van der Waals surface area contributed by atoms with Crippen LogP contribution in [0.1, 0.15) is 13.3 Å². The molecule has 0 aliphatic rings. The van der Waals surface area contributed by atoms with Crippen LogP contribution in [0.25, 0.3) is 11.1 Å². The highest BCUT2D eigenvalue weighted by molar-refractivity contribution is 9.10. The van der Waals surface area contributed by atoms with E-state index in [9.17, 15) is 9.59 Å². The van der Waals surface area contributed by atoms with Gasteiger partial charge in [0.1, 0.15) is 5.75 Å². The summed E-state index contributed by atoms with van der Waals surface area (Å²) in [6, 6.07) is 22.8. The van der Waals surface area contributed by atoms with Gasteiger partial charge in [-0.1, -0.05) is 49.4 Å². The van der Waals surface area contributed by atoms with Gasteiger partial charge in [-0.25, -0.2) is 0 Å². The van der Waals surface area contributed by atoms with Gasteiger partial charge in [0, 0.05) is 17.8 Å². The number of carbonyl (C=O) groups excluding carboxylic acids is 2. The standard InChI is InChI=1S/C23H21BrN2O3/c1-2-22(27)25-18-9-6-10-19(14-18)26-23(28)15-29-21-12-11-17(13-20(21)24)16-7-4-3-5-8-16/h3-14H,2,15H2,1H3,(H,25,27)(H,26,28). The lowest BCUT2D eigenvalue weighted by Gasteiger charge is -2.11. The minimum absolute atomic E-state index is 0.0828. The third-order valence-corrected chi connectivity index (χ3v) is 4.77. The van der Waals surface area contributed by atoms with Gasteiger partial charge in [0.2, 0.25) is 5.91 Å². The van der Waals surface area contributed by atoms with E-state index in [0.29, 0.717) is 23.5 Å². The van der Waals surface area contributed by atoms with Crippen LogP contribution in [-0.4, -0.2) is 18.4 Å². The normalized spacial score (nSPS) is 10.3. The van der Waals surface area contributed by atoms with Crippen LogP contribution < -0.4 is 15.4 Å². The first kappa shape index (κ1) is 20.6. The first-order valence-electron chi connectivity index (χ1n) is 9.22. The Morgan fingerprint density at radius 1 is 0.828 bits per heavy atom. The zero-order valence-electron chi connectivity index (χ0n) is 15.9. The van der Waals surface area contributed by atoms with Crippen LogP contribution in [0.15, 0.2) is 77.3 Å². The van der Waals surface area contributed by atoms with E-state index in [1.807, 2.05) is 48.5 Å². The number of amides is 2. The SMILES string of the molecule is CCC(=O)Nc1cccc(NC(=O)COc2ccc(-c3ccccc3)cc2Br)c1. The molecule has 0 spiro atoms. The van der Waals surface area contributed by atoms with E-state index in [-0.39, 0.29) is 18.4 Å². The molecule has 6 heteroatoms. The van der Waals surface area contributed by atoms with Gasteiger partial charge < -0.3 is 15.4 Å². The molecule has 0 atom stereocenters. The number of nitrogens with one attached hydrogen (secondary N) is 2. The van der Waals surface area contributed by atoms with Crippen molar-refractivity contribution in [3.63, 3.8) is 0 Å². The monoisotopic (exact) mass is 452 g/mol. The summed E-state index contributed by atoms with van der Waals surface area (Å²) in [6.45, 7) is 1.65. The molecular formula is C23H21BrN2O3. The van der Waals surface area contributed by atoms with E-state index in [1.54, 1.807) is 31.2 Å². The van der Waals surface area contributed by atoms with Crippen molar-refractivity contribution in [1.29, 1.82) is 0 Å². The number of benzene rings is 3. The maximum absolute atomic E-state index is 12.2. The minimum Gasteiger partial charge on any atom is -0.483 e. The fourth-order valence-corrected chi connectivity index (χ4v) is 3.19. The van der Waals surface area contributed by atoms with E-state index in [2.05, 4.69) is 26.6 Å². The molecule has 29 heavy (non-hydrogen) atoms. The molecule has 0 aliphatic heterocycles. The fourth-order valence-electron chi connectivity index (χ4n) is 2.69. The predicted octanol–water partition coefficient (Wildman–Crippen LogP) is 5.48. The second kappa shape index (κ2) is 9.89. The number of hydrogen-bond acceptors (Lipinski definition) is 3. The molecule has 2 amide bonds. The van der Waals surface area contributed by atoms with E-state index < -0.39 is 0 Å². The van der Waals surface area contributed by atoms with E-state index in [4.69, 9.17) is 4.74 Å². The molecule has 0 heterocycles. The van der Waals surface area contributed by atoms with Gasteiger partial charge in [-0.2, -0.15) is 0 Å². The van der Waals surface area contributed by atoms with Crippen molar-refractivity contribution in [3.8, 4) is 16.9 Å². The number of halogens is 1. The summed E-state index contributed by atoms with van der Waals surface area (Å²) in [7, 11) is 0. The van der Waals surface area contributed by atoms with Crippen molar-refractivity contribution in [2.24, 2.45) is 0 Å². The number of anilines is 2. The quantitative estimate of drug-likeness (QED) is 0.498. The molecule has 0 unspecified atom stereocenters. The highest BCUT2D eigenvalue weighted by atomic mass is 79.9.